The lowest BCUT2D eigenvalue weighted by molar-refractivity contribution is -0.127. The Morgan fingerprint density at radius 2 is 1.85 bits per heavy atom. The van der Waals surface area contributed by atoms with E-state index in [0.717, 1.165) is 6.07 Å². The molecular formula is C6H7F3N4. The van der Waals surface area contributed by atoms with Crippen molar-refractivity contribution in [2.75, 3.05) is 11.5 Å². The van der Waals surface area contributed by atoms with E-state index in [1.54, 1.807) is 0 Å². The summed E-state index contributed by atoms with van der Waals surface area (Å²) in [6.07, 6.45) is -5.46. The summed E-state index contributed by atoms with van der Waals surface area (Å²) in [5.41, 5.74) is 10.1. The van der Waals surface area contributed by atoms with E-state index in [1.165, 1.54) is 0 Å². The summed E-state index contributed by atoms with van der Waals surface area (Å²) in [4.78, 5) is 6.83. The van der Waals surface area contributed by atoms with Gasteiger partial charge in [-0.25, -0.2) is 4.98 Å². The molecule has 13 heavy (non-hydrogen) atoms. The van der Waals surface area contributed by atoms with Crippen LogP contribution >= 0.6 is 0 Å². The van der Waals surface area contributed by atoms with E-state index >= 15 is 0 Å². The van der Waals surface area contributed by atoms with Gasteiger partial charge in [-0.2, -0.15) is 18.2 Å². The molecule has 0 spiro atoms. The van der Waals surface area contributed by atoms with E-state index in [2.05, 4.69) is 9.97 Å². The molecule has 0 aromatic carbocycles. The summed E-state index contributed by atoms with van der Waals surface area (Å²) >= 11 is 0. The molecule has 1 aromatic heterocycles. The van der Waals surface area contributed by atoms with Gasteiger partial charge in [-0.15, -0.1) is 0 Å². The Labute approximate surface area is 71.8 Å². The smallest absolute Gasteiger partial charge is 0.384 e. The third-order valence-corrected chi connectivity index (χ3v) is 1.20. The molecule has 1 heterocycles. The van der Waals surface area contributed by atoms with Gasteiger partial charge in [0.1, 0.15) is 5.82 Å². The Balaban J connectivity index is 2.90. The fraction of sp³-hybridized carbons (Fsp3) is 0.333. The second-order valence-corrected chi connectivity index (χ2v) is 2.43. The van der Waals surface area contributed by atoms with E-state index < -0.39 is 12.6 Å². The topological polar surface area (TPSA) is 77.8 Å². The summed E-state index contributed by atoms with van der Waals surface area (Å²) in [7, 11) is 0. The molecular weight excluding hydrogens is 185 g/mol. The number of nitrogens with two attached hydrogens (primary N) is 2. The SMILES string of the molecule is Nc1cc(CC(F)(F)F)nc(N)n1. The van der Waals surface area contributed by atoms with Gasteiger partial charge in [0.05, 0.1) is 12.1 Å². The van der Waals surface area contributed by atoms with Crippen LogP contribution in [0.3, 0.4) is 0 Å². The van der Waals surface area contributed by atoms with Crippen LogP contribution in [0.25, 0.3) is 0 Å². The van der Waals surface area contributed by atoms with Crippen molar-refractivity contribution in [2.45, 2.75) is 12.6 Å². The van der Waals surface area contributed by atoms with Gasteiger partial charge in [0.15, 0.2) is 0 Å². The van der Waals surface area contributed by atoms with Gasteiger partial charge >= 0.3 is 6.18 Å². The molecule has 72 valence electrons. The number of aromatic nitrogens is 2. The lowest BCUT2D eigenvalue weighted by Gasteiger charge is -2.05. The van der Waals surface area contributed by atoms with Gasteiger partial charge in [-0.05, 0) is 0 Å². The second kappa shape index (κ2) is 3.08. The first-order chi connectivity index (χ1) is 5.87. The van der Waals surface area contributed by atoms with Crippen molar-refractivity contribution < 1.29 is 13.2 Å². The summed E-state index contributed by atoms with van der Waals surface area (Å²) in [6.45, 7) is 0. The quantitative estimate of drug-likeness (QED) is 0.688. The number of hydrogen-bond acceptors (Lipinski definition) is 4. The van der Waals surface area contributed by atoms with Crippen LogP contribution in [0.1, 0.15) is 5.69 Å². The number of rotatable bonds is 1. The molecule has 0 aliphatic carbocycles. The van der Waals surface area contributed by atoms with Crippen LogP contribution in [0.5, 0.6) is 0 Å². The second-order valence-electron chi connectivity index (χ2n) is 2.43. The zero-order valence-electron chi connectivity index (χ0n) is 6.47. The fourth-order valence-corrected chi connectivity index (χ4v) is 0.836. The Morgan fingerprint density at radius 1 is 1.23 bits per heavy atom. The monoisotopic (exact) mass is 192 g/mol. The largest absolute Gasteiger partial charge is 0.394 e. The number of alkyl halides is 3. The molecule has 7 heteroatoms. The number of hydrogen-bond donors (Lipinski definition) is 2. The molecule has 0 aliphatic rings. The Morgan fingerprint density at radius 3 is 2.31 bits per heavy atom. The molecule has 0 saturated carbocycles. The minimum atomic E-state index is -4.31. The molecule has 0 amide bonds. The zero-order valence-corrected chi connectivity index (χ0v) is 6.47. The number of nitrogens with zero attached hydrogens (tertiary/aromatic N) is 2. The standard InChI is InChI=1S/C6H7F3N4/c7-6(8,9)2-3-1-4(10)13-5(11)12-3/h1H,2H2,(H4,10,11,12,13). The summed E-state index contributed by atoms with van der Waals surface area (Å²) in [5.74, 6) is -0.314. The van der Waals surface area contributed by atoms with Crippen molar-refractivity contribution in [3.63, 3.8) is 0 Å². The van der Waals surface area contributed by atoms with Crippen molar-refractivity contribution >= 4 is 11.8 Å². The van der Waals surface area contributed by atoms with Gasteiger partial charge in [0, 0.05) is 6.07 Å². The maximum atomic E-state index is 11.9. The van der Waals surface area contributed by atoms with Gasteiger partial charge < -0.3 is 11.5 Å². The highest BCUT2D eigenvalue weighted by Crippen LogP contribution is 2.20. The number of anilines is 2. The molecule has 0 unspecified atom stereocenters. The van der Waals surface area contributed by atoms with Gasteiger partial charge in [-0.1, -0.05) is 0 Å². The van der Waals surface area contributed by atoms with Crippen LogP contribution in [-0.4, -0.2) is 16.1 Å². The molecule has 1 rings (SSSR count). The Bertz CT molecular complexity index is 289. The minimum Gasteiger partial charge on any atom is -0.384 e. The fourth-order valence-electron chi connectivity index (χ4n) is 0.836. The van der Waals surface area contributed by atoms with E-state index in [-0.39, 0.29) is 17.5 Å². The maximum absolute atomic E-state index is 11.9. The van der Waals surface area contributed by atoms with Crippen molar-refractivity contribution in [3.05, 3.63) is 11.8 Å². The Hall–Kier alpha value is -1.53. The van der Waals surface area contributed by atoms with Crippen molar-refractivity contribution in [3.8, 4) is 0 Å². The van der Waals surface area contributed by atoms with Crippen LogP contribution in [0.15, 0.2) is 6.07 Å². The van der Waals surface area contributed by atoms with E-state index in [9.17, 15) is 13.2 Å². The molecule has 0 bridgehead atoms. The number of halogens is 3. The molecule has 4 N–H and O–H groups in total. The average molecular weight is 192 g/mol. The highest BCUT2D eigenvalue weighted by Gasteiger charge is 2.28. The van der Waals surface area contributed by atoms with E-state index in [0.29, 0.717) is 0 Å². The minimum absolute atomic E-state index is 0.0632. The maximum Gasteiger partial charge on any atom is 0.394 e. The van der Waals surface area contributed by atoms with Crippen LogP contribution in [0.4, 0.5) is 24.9 Å². The molecule has 0 aliphatic heterocycles. The zero-order chi connectivity index (χ0) is 10.1. The summed E-state index contributed by atoms with van der Waals surface area (Å²) < 4.78 is 35.6. The van der Waals surface area contributed by atoms with E-state index in [4.69, 9.17) is 11.5 Å². The first-order valence-electron chi connectivity index (χ1n) is 3.32. The molecule has 0 atom stereocenters. The van der Waals surface area contributed by atoms with Crippen molar-refractivity contribution in [1.82, 2.24) is 9.97 Å². The van der Waals surface area contributed by atoms with Crippen molar-refractivity contribution in [2.24, 2.45) is 0 Å². The predicted molar refractivity (Wildman–Crippen MR) is 40.6 cm³/mol. The normalized spacial score (nSPS) is 11.6. The average Bonchev–Trinajstić information content (AvgIpc) is 1.78. The molecule has 0 radical (unpaired) electrons. The summed E-state index contributed by atoms with van der Waals surface area (Å²) in [6, 6.07) is 1.05. The van der Waals surface area contributed by atoms with Gasteiger partial charge in [-0.3, -0.25) is 0 Å². The first-order valence-corrected chi connectivity index (χ1v) is 3.32. The third kappa shape index (κ3) is 3.14. The third-order valence-electron chi connectivity index (χ3n) is 1.20. The molecule has 0 fully saturated rings. The molecule has 0 saturated heterocycles. The molecule has 4 nitrogen and oxygen atoms in total. The van der Waals surface area contributed by atoms with Crippen LogP contribution in [0.2, 0.25) is 0 Å². The van der Waals surface area contributed by atoms with Crippen LogP contribution in [0, 0.1) is 0 Å². The first kappa shape index (κ1) is 9.56. The lowest BCUT2D eigenvalue weighted by atomic mass is 10.3. The van der Waals surface area contributed by atoms with Gasteiger partial charge in [0.2, 0.25) is 5.95 Å². The van der Waals surface area contributed by atoms with Crippen LogP contribution < -0.4 is 11.5 Å². The highest BCUT2D eigenvalue weighted by atomic mass is 19.4. The van der Waals surface area contributed by atoms with E-state index in [1.807, 2.05) is 0 Å². The van der Waals surface area contributed by atoms with Crippen molar-refractivity contribution in [1.29, 1.82) is 0 Å². The predicted octanol–water partition coefficient (Wildman–Crippen LogP) is 0.746. The van der Waals surface area contributed by atoms with Gasteiger partial charge in [0.25, 0.3) is 0 Å². The summed E-state index contributed by atoms with van der Waals surface area (Å²) in [5, 5.41) is 0. The number of nitrogen functional groups attached to an aromatic ring is 2. The molecule has 1 aromatic rings. The Kier molecular flexibility index (Phi) is 2.26. The highest BCUT2D eigenvalue weighted by molar-refractivity contribution is 5.35. The van der Waals surface area contributed by atoms with Crippen LogP contribution in [-0.2, 0) is 6.42 Å². The lowest BCUT2D eigenvalue weighted by Crippen LogP contribution is -2.14.